The molecule has 0 saturated carbocycles. The van der Waals surface area contributed by atoms with E-state index < -0.39 is 12.3 Å². The Hall–Kier alpha value is -2.04. The van der Waals surface area contributed by atoms with Crippen molar-refractivity contribution in [2.24, 2.45) is 0 Å². The van der Waals surface area contributed by atoms with Gasteiger partial charge < -0.3 is 14.2 Å². The van der Waals surface area contributed by atoms with E-state index in [1.807, 2.05) is 0 Å². The van der Waals surface area contributed by atoms with Crippen LogP contribution in [-0.4, -0.2) is 13.1 Å². The normalized spacial score (nSPS) is 18.6. The first-order valence-electron chi connectivity index (χ1n) is 5.00. The van der Waals surface area contributed by atoms with Crippen LogP contribution in [-0.2, 0) is 19.0 Å². The first-order valence-corrected chi connectivity index (χ1v) is 5.00. The maximum absolute atomic E-state index is 12.7. The Balaban J connectivity index is 2.15. The van der Waals surface area contributed by atoms with Crippen molar-refractivity contribution in [2.45, 2.75) is 13.2 Å². The fourth-order valence-corrected chi connectivity index (χ4v) is 1.47. The summed E-state index contributed by atoms with van der Waals surface area (Å²) in [6, 6.07) is 5.67. The summed E-state index contributed by atoms with van der Waals surface area (Å²) in [4.78, 5) is 11.3. The molecule has 5 heteroatoms. The van der Waals surface area contributed by atoms with E-state index in [1.54, 1.807) is 6.92 Å². The Kier molecular flexibility index (Phi) is 2.99. The van der Waals surface area contributed by atoms with Gasteiger partial charge in [0.2, 0.25) is 5.76 Å². The maximum Gasteiger partial charge on any atom is 0.377 e. The molecule has 0 N–H and O–H groups in total. The third-order valence-corrected chi connectivity index (χ3v) is 2.34. The molecule has 1 aromatic rings. The summed E-state index contributed by atoms with van der Waals surface area (Å²) in [6.45, 7) is 1.61. The molecule has 0 aromatic heterocycles. The van der Waals surface area contributed by atoms with E-state index in [4.69, 9.17) is 9.47 Å². The van der Waals surface area contributed by atoms with Crippen molar-refractivity contribution in [3.8, 4) is 0 Å². The van der Waals surface area contributed by atoms with Crippen LogP contribution in [0.1, 0.15) is 18.8 Å². The molecule has 0 bridgehead atoms. The average Bonchev–Trinajstić information content (AvgIpc) is 2.71. The van der Waals surface area contributed by atoms with E-state index in [1.165, 1.54) is 31.4 Å². The second-order valence-corrected chi connectivity index (χ2v) is 3.50. The molecule has 1 atom stereocenters. The Morgan fingerprint density at radius 1 is 1.29 bits per heavy atom. The summed E-state index contributed by atoms with van der Waals surface area (Å²) in [5.41, 5.74) is 0.629. The number of esters is 1. The molecule has 17 heavy (non-hydrogen) atoms. The van der Waals surface area contributed by atoms with Gasteiger partial charge in [-0.25, -0.2) is 9.18 Å². The van der Waals surface area contributed by atoms with Gasteiger partial charge in [-0.05, 0) is 31.2 Å². The molecule has 4 nitrogen and oxygen atoms in total. The summed E-state index contributed by atoms with van der Waals surface area (Å²) in [5.74, 6) is -0.537. The van der Waals surface area contributed by atoms with Crippen LogP contribution in [0.3, 0.4) is 0 Å². The molecular weight excluding hydrogens is 227 g/mol. The minimum absolute atomic E-state index is 0.0434. The molecule has 1 aliphatic rings. The van der Waals surface area contributed by atoms with Crippen LogP contribution in [0.2, 0.25) is 0 Å². The van der Waals surface area contributed by atoms with Crippen molar-refractivity contribution >= 4 is 5.97 Å². The molecule has 90 valence electrons. The molecule has 0 spiro atoms. The van der Waals surface area contributed by atoms with E-state index >= 15 is 0 Å². The van der Waals surface area contributed by atoms with Gasteiger partial charge in [0.05, 0.1) is 7.11 Å². The van der Waals surface area contributed by atoms with Crippen molar-refractivity contribution in [3.05, 3.63) is 47.2 Å². The van der Waals surface area contributed by atoms with Gasteiger partial charge >= 0.3 is 5.97 Å². The first kappa shape index (κ1) is 11.4. The Morgan fingerprint density at radius 3 is 2.53 bits per heavy atom. The van der Waals surface area contributed by atoms with Gasteiger partial charge in [0, 0.05) is 5.56 Å². The molecule has 2 rings (SSSR count). The highest BCUT2D eigenvalue weighted by Crippen LogP contribution is 2.33. The molecule has 0 radical (unpaired) electrons. The smallest absolute Gasteiger partial charge is 0.377 e. The summed E-state index contributed by atoms with van der Waals surface area (Å²) in [5, 5.41) is 0. The minimum Gasteiger partial charge on any atom is -0.463 e. The zero-order valence-electron chi connectivity index (χ0n) is 9.40. The average molecular weight is 238 g/mol. The molecule has 0 amide bonds. The number of carbonyl (C=O) groups excluding carboxylic acids is 1. The number of hydrogen-bond acceptors (Lipinski definition) is 4. The van der Waals surface area contributed by atoms with E-state index in [0.29, 0.717) is 11.3 Å². The fourth-order valence-electron chi connectivity index (χ4n) is 1.47. The lowest BCUT2D eigenvalue weighted by molar-refractivity contribution is -0.142. The van der Waals surface area contributed by atoms with Gasteiger partial charge in [-0.15, -0.1) is 0 Å². The number of benzene rings is 1. The van der Waals surface area contributed by atoms with E-state index in [0.717, 1.165) is 0 Å². The monoisotopic (exact) mass is 238 g/mol. The number of carbonyl (C=O) groups is 1. The van der Waals surface area contributed by atoms with Gasteiger partial charge in [-0.1, -0.05) is 0 Å². The lowest BCUT2D eigenvalue weighted by atomic mass is 10.2. The SMILES string of the molecule is COC(=O)C1=C(C)O[C@@H](c2ccc(F)cc2)O1. The zero-order valence-corrected chi connectivity index (χ0v) is 9.40. The molecule has 1 aromatic carbocycles. The van der Waals surface area contributed by atoms with Gasteiger partial charge in [-0.2, -0.15) is 0 Å². The van der Waals surface area contributed by atoms with Gasteiger partial charge in [0.15, 0.2) is 0 Å². The number of halogens is 1. The number of rotatable bonds is 2. The molecule has 0 saturated heterocycles. The van der Waals surface area contributed by atoms with E-state index in [2.05, 4.69) is 4.74 Å². The Labute approximate surface area is 97.6 Å². The van der Waals surface area contributed by atoms with Crippen molar-refractivity contribution in [1.29, 1.82) is 0 Å². The largest absolute Gasteiger partial charge is 0.463 e. The number of methoxy groups -OCH3 is 1. The van der Waals surface area contributed by atoms with Crippen LogP contribution in [0.5, 0.6) is 0 Å². The summed E-state index contributed by atoms with van der Waals surface area (Å²) in [6.07, 6.45) is -0.732. The fraction of sp³-hybridized carbons (Fsp3) is 0.250. The van der Waals surface area contributed by atoms with Crippen molar-refractivity contribution < 1.29 is 23.4 Å². The second kappa shape index (κ2) is 4.45. The van der Waals surface area contributed by atoms with Crippen LogP contribution in [0, 0.1) is 5.82 Å². The van der Waals surface area contributed by atoms with Crippen molar-refractivity contribution in [2.75, 3.05) is 7.11 Å². The quantitative estimate of drug-likeness (QED) is 0.741. The standard InChI is InChI=1S/C12H11FO4/c1-7-10(11(14)15-2)17-12(16-7)8-3-5-9(13)6-4-8/h3-6,12H,1-2H3/t12-/m1/s1. The summed E-state index contributed by atoms with van der Waals surface area (Å²) in [7, 11) is 1.26. The molecule has 0 aliphatic carbocycles. The van der Waals surface area contributed by atoms with Crippen LogP contribution in [0.15, 0.2) is 35.8 Å². The van der Waals surface area contributed by atoms with Crippen LogP contribution in [0.4, 0.5) is 4.39 Å². The number of allylic oxidation sites excluding steroid dienone is 1. The molecule has 1 heterocycles. The second-order valence-electron chi connectivity index (χ2n) is 3.50. The lowest BCUT2D eigenvalue weighted by Crippen LogP contribution is -2.07. The highest BCUT2D eigenvalue weighted by atomic mass is 19.1. The summed E-state index contributed by atoms with van der Waals surface area (Å²) < 4.78 is 28.0. The van der Waals surface area contributed by atoms with Crippen molar-refractivity contribution in [3.63, 3.8) is 0 Å². The van der Waals surface area contributed by atoms with E-state index in [9.17, 15) is 9.18 Å². The maximum atomic E-state index is 12.7. The Morgan fingerprint density at radius 2 is 1.94 bits per heavy atom. The minimum atomic E-state index is -0.732. The first-order chi connectivity index (χ1) is 8.11. The van der Waals surface area contributed by atoms with Crippen molar-refractivity contribution in [1.82, 2.24) is 0 Å². The van der Waals surface area contributed by atoms with Crippen LogP contribution < -0.4 is 0 Å². The molecule has 0 fully saturated rings. The molecule has 0 unspecified atom stereocenters. The lowest BCUT2D eigenvalue weighted by Gasteiger charge is -2.11. The van der Waals surface area contributed by atoms with Gasteiger partial charge in [-0.3, -0.25) is 0 Å². The predicted octanol–water partition coefficient (Wildman–Crippen LogP) is 2.28. The highest BCUT2D eigenvalue weighted by Gasteiger charge is 2.31. The third kappa shape index (κ3) is 2.22. The number of hydrogen-bond donors (Lipinski definition) is 0. The van der Waals surface area contributed by atoms with Gasteiger partial charge in [0.25, 0.3) is 6.29 Å². The predicted molar refractivity (Wildman–Crippen MR) is 56.0 cm³/mol. The number of ether oxygens (including phenoxy) is 3. The van der Waals surface area contributed by atoms with Gasteiger partial charge in [0.1, 0.15) is 11.6 Å². The molecule has 1 aliphatic heterocycles. The van der Waals surface area contributed by atoms with E-state index in [-0.39, 0.29) is 11.6 Å². The van der Waals surface area contributed by atoms with Crippen LogP contribution in [0.25, 0.3) is 0 Å². The van der Waals surface area contributed by atoms with Crippen LogP contribution >= 0.6 is 0 Å². The Bertz CT molecular complexity index is 464. The topological polar surface area (TPSA) is 44.8 Å². The zero-order chi connectivity index (χ0) is 12.4. The highest BCUT2D eigenvalue weighted by molar-refractivity contribution is 5.86. The third-order valence-electron chi connectivity index (χ3n) is 2.34. The summed E-state index contributed by atoms with van der Waals surface area (Å²) >= 11 is 0. The molecular formula is C12H11FO4.